The number of nitrogens with zero attached hydrogens (tertiary/aromatic N) is 5. The molecule has 4 aromatic rings. The molecule has 0 amide bonds. The molecule has 1 aromatic carbocycles. The molecule has 7 nitrogen and oxygen atoms in total. The third-order valence-corrected chi connectivity index (χ3v) is 4.12. The van der Waals surface area contributed by atoms with E-state index in [0.29, 0.717) is 17.1 Å². The van der Waals surface area contributed by atoms with Gasteiger partial charge in [-0.1, -0.05) is 19.1 Å². The number of halogens is 4. The lowest BCUT2D eigenvalue weighted by molar-refractivity contribution is -0.141. The number of anilines is 1. The number of nitrogens with one attached hydrogen (secondary N) is 1. The van der Waals surface area contributed by atoms with E-state index in [1.54, 1.807) is 36.5 Å². The van der Waals surface area contributed by atoms with E-state index in [-0.39, 0.29) is 18.0 Å². The molecule has 0 fully saturated rings. The van der Waals surface area contributed by atoms with E-state index in [4.69, 9.17) is 4.74 Å². The fraction of sp³-hybridized carbons (Fsp3) is 0.182. The van der Waals surface area contributed by atoms with Gasteiger partial charge in [0.25, 0.3) is 5.95 Å². The molecule has 3 aromatic heterocycles. The summed E-state index contributed by atoms with van der Waals surface area (Å²) in [6, 6.07) is 12.1. The summed E-state index contributed by atoms with van der Waals surface area (Å²) in [6.07, 6.45) is -0.468. The van der Waals surface area contributed by atoms with E-state index in [2.05, 4.69) is 25.6 Å². The lowest BCUT2D eigenvalue weighted by atomic mass is 10.3. The first-order valence-electron chi connectivity index (χ1n) is 9.96. The standard InChI is InChI=1S/C20H14F4N6O.C2H6/c21-19-17(2-1-8-26-19)31-16-5-3-15(4-6-16)30-12-14(28-29-30)11-27-13-7-9-25-18(10-13)20(22,23)24;1-2/h1-10,12H,11H2,(H,25,27);1-2H3. The van der Waals surface area contributed by atoms with Crippen molar-refractivity contribution in [2.75, 3.05) is 5.32 Å². The Morgan fingerprint density at radius 3 is 2.45 bits per heavy atom. The van der Waals surface area contributed by atoms with E-state index < -0.39 is 17.8 Å². The normalized spacial score (nSPS) is 10.8. The molecule has 4 rings (SSSR count). The SMILES string of the molecule is CC.Fc1ncccc1Oc1ccc(-n2cc(CNc3ccnc(C(F)(F)F)c3)nn2)cc1. The highest BCUT2D eigenvalue weighted by atomic mass is 19.4. The highest BCUT2D eigenvalue weighted by Gasteiger charge is 2.32. The van der Waals surface area contributed by atoms with Gasteiger partial charge in [0.15, 0.2) is 5.75 Å². The number of benzene rings is 1. The van der Waals surface area contributed by atoms with Gasteiger partial charge in [0.2, 0.25) is 0 Å². The maximum atomic E-state index is 13.6. The van der Waals surface area contributed by atoms with Gasteiger partial charge in [0, 0.05) is 18.1 Å². The number of pyridine rings is 2. The Balaban J connectivity index is 0.00000149. The molecule has 11 heteroatoms. The van der Waals surface area contributed by atoms with Gasteiger partial charge in [-0.3, -0.25) is 4.98 Å². The summed E-state index contributed by atoms with van der Waals surface area (Å²) in [4.78, 5) is 6.84. The Bertz CT molecular complexity index is 1180. The van der Waals surface area contributed by atoms with Crippen molar-refractivity contribution in [3.8, 4) is 17.2 Å². The molecule has 0 aliphatic rings. The molecule has 172 valence electrons. The second-order valence-corrected chi connectivity index (χ2v) is 6.32. The minimum Gasteiger partial charge on any atom is -0.453 e. The third kappa shape index (κ3) is 6.25. The minimum absolute atomic E-state index is 0.00848. The van der Waals surface area contributed by atoms with Crippen LogP contribution in [0.4, 0.5) is 23.2 Å². The van der Waals surface area contributed by atoms with E-state index in [1.807, 2.05) is 13.8 Å². The van der Waals surface area contributed by atoms with E-state index in [9.17, 15) is 17.6 Å². The van der Waals surface area contributed by atoms with Gasteiger partial charge in [0.05, 0.1) is 18.4 Å². The van der Waals surface area contributed by atoms with Gasteiger partial charge in [0.1, 0.15) is 17.1 Å². The predicted molar refractivity (Wildman–Crippen MR) is 114 cm³/mol. The van der Waals surface area contributed by atoms with Crippen LogP contribution in [0.2, 0.25) is 0 Å². The zero-order valence-corrected chi connectivity index (χ0v) is 17.7. The lowest BCUT2D eigenvalue weighted by Crippen LogP contribution is -2.09. The summed E-state index contributed by atoms with van der Waals surface area (Å²) in [5.41, 5.74) is 0.472. The predicted octanol–water partition coefficient (Wildman–Crippen LogP) is 5.65. The third-order valence-electron chi connectivity index (χ3n) is 4.12. The number of aromatic nitrogens is 5. The van der Waals surface area contributed by atoms with Crippen LogP contribution in [0.15, 0.2) is 67.1 Å². The van der Waals surface area contributed by atoms with Crippen LogP contribution >= 0.6 is 0 Å². The Morgan fingerprint density at radius 2 is 1.76 bits per heavy atom. The molecular weight excluding hydrogens is 440 g/mol. The number of rotatable bonds is 6. The van der Waals surface area contributed by atoms with Crippen molar-refractivity contribution in [3.05, 3.63) is 84.5 Å². The Labute approximate surface area is 187 Å². The van der Waals surface area contributed by atoms with Crippen LogP contribution in [0.25, 0.3) is 5.69 Å². The number of ether oxygens (including phenoxy) is 1. The first kappa shape index (κ1) is 23.6. The van der Waals surface area contributed by atoms with Gasteiger partial charge < -0.3 is 10.1 Å². The van der Waals surface area contributed by atoms with Gasteiger partial charge in [-0.15, -0.1) is 5.10 Å². The number of hydrogen-bond donors (Lipinski definition) is 1. The summed E-state index contributed by atoms with van der Waals surface area (Å²) < 4.78 is 58.8. The molecule has 0 aliphatic heterocycles. The highest BCUT2D eigenvalue weighted by Crippen LogP contribution is 2.29. The second kappa shape index (κ2) is 10.5. The zero-order valence-electron chi connectivity index (χ0n) is 17.7. The first-order chi connectivity index (χ1) is 15.9. The molecule has 33 heavy (non-hydrogen) atoms. The van der Waals surface area contributed by atoms with Crippen molar-refractivity contribution >= 4 is 5.69 Å². The van der Waals surface area contributed by atoms with Crippen molar-refractivity contribution in [1.29, 1.82) is 0 Å². The summed E-state index contributed by atoms with van der Waals surface area (Å²) in [7, 11) is 0. The second-order valence-electron chi connectivity index (χ2n) is 6.32. The van der Waals surface area contributed by atoms with Gasteiger partial charge in [-0.2, -0.15) is 17.6 Å². The maximum Gasteiger partial charge on any atom is 0.433 e. The summed E-state index contributed by atoms with van der Waals surface area (Å²) >= 11 is 0. The van der Waals surface area contributed by atoms with Crippen LogP contribution in [-0.4, -0.2) is 25.0 Å². The van der Waals surface area contributed by atoms with Crippen LogP contribution in [0, 0.1) is 5.95 Å². The summed E-state index contributed by atoms with van der Waals surface area (Å²) in [6.45, 7) is 4.17. The summed E-state index contributed by atoms with van der Waals surface area (Å²) in [5.74, 6) is -0.290. The molecular formula is C22H20F4N6O. The fourth-order valence-electron chi connectivity index (χ4n) is 2.64. The fourth-order valence-corrected chi connectivity index (χ4v) is 2.64. The van der Waals surface area contributed by atoms with Gasteiger partial charge in [-0.25, -0.2) is 9.67 Å². The Morgan fingerprint density at radius 1 is 1.00 bits per heavy atom. The number of alkyl halides is 3. The average molecular weight is 460 g/mol. The van der Waals surface area contributed by atoms with Crippen molar-refractivity contribution in [3.63, 3.8) is 0 Å². The van der Waals surface area contributed by atoms with Crippen LogP contribution in [0.5, 0.6) is 11.5 Å². The van der Waals surface area contributed by atoms with Crippen LogP contribution in [0.1, 0.15) is 25.2 Å². The Hall–Kier alpha value is -4.02. The molecule has 0 bridgehead atoms. The van der Waals surface area contributed by atoms with Crippen LogP contribution < -0.4 is 10.1 Å². The van der Waals surface area contributed by atoms with Crippen molar-refractivity contribution in [2.45, 2.75) is 26.6 Å². The van der Waals surface area contributed by atoms with Crippen LogP contribution in [0.3, 0.4) is 0 Å². The van der Waals surface area contributed by atoms with Gasteiger partial charge >= 0.3 is 6.18 Å². The lowest BCUT2D eigenvalue weighted by Gasteiger charge is -2.08. The molecule has 0 unspecified atom stereocenters. The summed E-state index contributed by atoms with van der Waals surface area (Å²) in [5, 5.41) is 10.9. The topological polar surface area (TPSA) is 77.8 Å². The molecule has 0 aliphatic carbocycles. The van der Waals surface area contributed by atoms with E-state index in [1.165, 1.54) is 23.0 Å². The molecule has 1 N–H and O–H groups in total. The van der Waals surface area contributed by atoms with Crippen LogP contribution in [-0.2, 0) is 12.7 Å². The smallest absolute Gasteiger partial charge is 0.433 e. The van der Waals surface area contributed by atoms with Crippen molar-refractivity contribution in [1.82, 2.24) is 25.0 Å². The highest BCUT2D eigenvalue weighted by molar-refractivity contribution is 5.44. The Kier molecular flexibility index (Phi) is 7.54. The average Bonchev–Trinajstić information content (AvgIpc) is 3.30. The first-order valence-corrected chi connectivity index (χ1v) is 9.96. The minimum atomic E-state index is -4.51. The molecule has 3 heterocycles. The number of hydrogen-bond acceptors (Lipinski definition) is 6. The molecule has 0 atom stereocenters. The largest absolute Gasteiger partial charge is 0.453 e. The molecule has 0 spiro atoms. The molecule has 0 saturated heterocycles. The zero-order chi connectivity index (χ0) is 23.8. The van der Waals surface area contributed by atoms with Crippen molar-refractivity contribution in [2.24, 2.45) is 0 Å². The molecule has 0 saturated carbocycles. The molecule has 0 radical (unpaired) electrons. The van der Waals surface area contributed by atoms with E-state index >= 15 is 0 Å². The van der Waals surface area contributed by atoms with Crippen molar-refractivity contribution < 1.29 is 22.3 Å². The quantitative estimate of drug-likeness (QED) is 0.296. The maximum absolute atomic E-state index is 13.6. The van der Waals surface area contributed by atoms with E-state index in [0.717, 1.165) is 12.3 Å². The monoisotopic (exact) mass is 460 g/mol. The van der Waals surface area contributed by atoms with Gasteiger partial charge in [-0.05, 0) is 48.5 Å².